The van der Waals surface area contributed by atoms with Crippen molar-refractivity contribution in [3.63, 3.8) is 0 Å². The van der Waals surface area contributed by atoms with Crippen LogP contribution in [0.4, 0.5) is 5.69 Å². The summed E-state index contributed by atoms with van der Waals surface area (Å²) >= 11 is 0. The molecule has 0 amide bonds. The Morgan fingerprint density at radius 2 is 1.59 bits per heavy atom. The first-order chi connectivity index (χ1) is 15.2. The maximum absolute atomic E-state index is 13.2. The Hall–Kier alpha value is -3.11. The molecule has 1 N–H and O–H groups in total. The molecule has 1 unspecified atom stereocenters. The minimum absolute atomic E-state index is 0.104. The average Bonchev–Trinajstić information content (AvgIpc) is 3.28. The number of nitrogens with one attached hydrogen (secondary N) is 1. The molecule has 0 saturated heterocycles. The van der Waals surface area contributed by atoms with Crippen molar-refractivity contribution in [1.82, 2.24) is 0 Å². The molecule has 0 radical (unpaired) electrons. The topological polar surface area (TPSA) is 102 Å². The van der Waals surface area contributed by atoms with E-state index in [4.69, 9.17) is 27.9 Å². The highest BCUT2D eigenvalue weighted by Crippen LogP contribution is 2.55. The Bertz CT molecular complexity index is 1240. The number of fused-ring (bicyclic) bond motifs is 2. The number of benzene rings is 2. The van der Waals surface area contributed by atoms with Crippen molar-refractivity contribution in [2.45, 2.75) is 25.4 Å². The molecule has 0 bridgehead atoms. The van der Waals surface area contributed by atoms with Crippen LogP contribution in [0.3, 0.4) is 0 Å². The normalized spacial score (nSPS) is 21.5. The second-order valence-electron chi connectivity index (χ2n) is 8.10. The SMILES string of the molecule is COc1cc(C2C3=C(Nc4cc5c(cc42)OCO5)C(C)(C)OS3(=O)=O)cc(OC)c1OC. The van der Waals surface area contributed by atoms with E-state index in [0.29, 0.717) is 51.3 Å². The van der Waals surface area contributed by atoms with Gasteiger partial charge in [0, 0.05) is 11.8 Å². The van der Waals surface area contributed by atoms with Gasteiger partial charge >= 0.3 is 0 Å². The third kappa shape index (κ3) is 2.90. The lowest BCUT2D eigenvalue weighted by Crippen LogP contribution is -2.29. The van der Waals surface area contributed by atoms with Crippen LogP contribution in [0, 0.1) is 0 Å². The van der Waals surface area contributed by atoms with Gasteiger partial charge in [-0.1, -0.05) is 0 Å². The van der Waals surface area contributed by atoms with Crippen molar-refractivity contribution < 1.29 is 36.3 Å². The van der Waals surface area contributed by atoms with Crippen LogP contribution in [0.5, 0.6) is 28.7 Å². The van der Waals surface area contributed by atoms with Crippen molar-refractivity contribution >= 4 is 15.8 Å². The van der Waals surface area contributed by atoms with Crippen molar-refractivity contribution in [3.05, 3.63) is 46.0 Å². The van der Waals surface area contributed by atoms with E-state index in [-0.39, 0.29) is 11.7 Å². The maximum atomic E-state index is 13.2. The minimum Gasteiger partial charge on any atom is -0.493 e. The van der Waals surface area contributed by atoms with Gasteiger partial charge in [-0.3, -0.25) is 4.18 Å². The molecule has 10 heteroatoms. The van der Waals surface area contributed by atoms with Gasteiger partial charge < -0.3 is 29.0 Å². The lowest BCUT2D eigenvalue weighted by Gasteiger charge is -2.31. The largest absolute Gasteiger partial charge is 0.493 e. The zero-order valence-corrected chi connectivity index (χ0v) is 19.1. The average molecular weight is 461 g/mol. The quantitative estimate of drug-likeness (QED) is 0.687. The molecule has 3 aliphatic rings. The van der Waals surface area contributed by atoms with Gasteiger partial charge in [0.15, 0.2) is 23.0 Å². The van der Waals surface area contributed by atoms with Crippen LogP contribution in [-0.2, 0) is 14.3 Å². The maximum Gasteiger partial charge on any atom is 0.296 e. The molecular formula is C22H23NO8S. The van der Waals surface area contributed by atoms with Gasteiger partial charge in [0.25, 0.3) is 10.1 Å². The van der Waals surface area contributed by atoms with Crippen LogP contribution in [0.25, 0.3) is 0 Å². The molecule has 0 saturated carbocycles. The summed E-state index contributed by atoms with van der Waals surface area (Å²) in [4.78, 5) is 0.142. The summed E-state index contributed by atoms with van der Waals surface area (Å²) in [5.74, 6) is 1.68. The molecule has 32 heavy (non-hydrogen) atoms. The van der Waals surface area contributed by atoms with Gasteiger partial charge in [-0.05, 0) is 43.2 Å². The highest BCUT2D eigenvalue weighted by atomic mass is 32.2. The fourth-order valence-electron chi connectivity index (χ4n) is 4.46. The molecule has 1 atom stereocenters. The molecule has 3 heterocycles. The standard InChI is InChI=1S/C22H23NO8S/c1-22(2)21-20(32(24,25)31-22)18(11-6-16(26-3)19(28-5)17(7-11)27-4)12-8-14-15(30-10-29-14)9-13(12)23-21/h6-9,18,23H,10H2,1-5H3. The molecule has 2 aromatic rings. The minimum atomic E-state index is -4.03. The lowest BCUT2D eigenvalue weighted by molar-refractivity contribution is 0.172. The Balaban J connectivity index is 1.82. The predicted octanol–water partition coefficient (Wildman–Crippen LogP) is 3.35. The van der Waals surface area contributed by atoms with E-state index in [2.05, 4.69) is 5.32 Å². The van der Waals surface area contributed by atoms with Crippen LogP contribution in [0.2, 0.25) is 0 Å². The number of allylic oxidation sites excluding steroid dienone is 1. The molecule has 0 aliphatic carbocycles. The molecular weight excluding hydrogens is 438 g/mol. The van der Waals surface area contributed by atoms with E-state index >= 15 is 0 Å². The van der Waals surface area contributed by atoms with E-state index < -0.39 is 21.6 Å². The fraction of sp³-hybridized carbons (Fsp3) is 0.364. The summed E-state index contributed by atoms with van der Waals surface area (Å²) in [5, 5.41) is 3.27. The highest BCUT2D eigenvalue weighted by Gasteiger charge is 2.51. The number of hydrogen-bond donors (Lipinski definition) is 1. The van der Waals surface area contributed by atoms with Crippen LogP contribution < -0.4 is 29.0 Å². The van der Waals surface area contributed by atoms with Crippen molar-refractivity contribution in [2.75, 3.05) is 33.4 Å². The van der Waals surface area contributed by atoms with Crippen molar-refractivity contribution in [1.29, 1.82) is 0 Å². The number of methoxy groups -OCH3 is 3. The molecule has 170 valence electrons. The Morgan fingerprint density at radius 3 is 2.19 bits per heavy atom. The van der Waals surface area contributed by atoms with Crippen LogP contribution in [0.1, 0.15) is 30.9 Å². The Morgan fingerprint density at radius 1 is 0.969 bits per heavy atom. The van der Waals surface area contributed by atoms with E-state index in [0.717, 1.165) is 0 Å². The summed E-state index contributed by atoms with van der Waals surface area (Å²) in [6.07, 6.45) is 0. The predicted molar refractivity (Wildman–Crippen MR) is 115 cm³/mol. The van der Waals surface area contributed by atoms with Gasteiger partial charge in [-0.25, -0.2) is 0 Å². The van der Waals surface area contributed by atoms with Gasteiger partial charge in [-0.15, -0.1) is 0 Å². The van der Waals surface area contributed by atoms with Crippen molar-refractivity contribution in [2.24, 2.45) is 0 Å². The molecule has 0 spiro atoms. The molecule has 5 rings (SSSR count). The first kappa shape index (κ1) is 20.8. The van der Waals surface area contributed by atoms with Crippen LogP contribution >= 0.6 is 0 Å². The molecule has 9 nitrogen and oxygen atoms in total. The lowest BCUT2D eigenvalue weighted by atomic mass is 9.83. The Kier molecular flexibility index (Phi) is 4.51. The first-order valence-electron chi connectivity index (χ1n) is 9.91. The monoisotopic (exact) mass is 461 g/mol. The zero-order chi connectivity index (χ0) is 22.8. The zero-order valence-electron chi connectivity index (χ0n) is 18.3. The van der Waals surface area contributed by atoms with Gasteiger partial charge in [0.05, 0.1) is 32.9 Å². The van der Waals surface area contributed by atoms with E-state index in [9.17, 15) is 8.42 Å². The second kappa shape index (κ2) is 6.94. The van der Waals surface area contributed by atoms with Gasteiger partial charge in [-0.2, -0.15) is 8.42 Å². The second-order valence-corrected chi connectivity index (χ2v) is 9.61. The van der Waals surface area contributed by atoms with Crippen molar-refractivity contribution in [3.8, 4) is 28.7 Å². The number of hydrogen-bond acceptors (Lipinski definition) is 9. The first-order valence-corrected chi connectivity index (χ1v) is 11.3. The van der Waals surface area contributed by atoms with Gasteiger partial charge in [0.2, 0.25) is 12.5 Å². The van der Waals surface area contributed by atoms with E-state index in [1.54, 1.807) is 32.0 Å². The summed E-state index contributed by atoms with van der Waals surface area (Å²) in [7, 11) is 0.507. The fourth-order valence-corrected chi connectivity index (χ4v) is 6.28. The molecule has 0 fully saturated rings. The number of rotatable bonds is 4. The third-order valence-corrected chi connectivity index (χ3v) is 7.45. The molecule has 2 aromatic carbocycles. The summed E-state index contributed by atoms with van der Waals surface area (Å²) in [6, 6.07) is 7.10. The smallest absolute Gasteiger partial charge is 0.296 e. The van der Waals surface area contributed by atoms with E-state index in [1.165, 1.54) is 21.3 Å². The number of anilines is 1. The van der Waals surface area contributed by atoms with Crippen LogP contribution in [0.15, 0.2) is 34.9 Å². The van der Waals surface area contributed by atoms with Gasteiger partial charge in [0.1, 0.15) is 10.5 Å². The summed E-state index contributed by atoms with van der Waals surface area (Å²) in [6.45, 7) is 3.53. The molecule has 3 aliphatic heterocycles. The van der Waals surface area contributed by atoms with E-state index in [1.807, 2.05) is 6.07 Å². The molecule has 0 aromatic heterocycles. The van der Waals surface area contributed by atoms with Crippen LogP contribution in [-0.4, -0.2) is 42.1 Å². The summed E-state index contributed by atoms with van der Waals surface area (Å²) in [5.41, 5.74) is 1.45. The highest BCUT2D eigenvalue weighted by molar-refractivity contribution is 7.91. The Labute approximate surface area is 185 Å². The number of ether oxygens (including phenoxy) is 5. The summed E-state index contributed by atoms with van der Waals surface area (Å²) < 4.78 is 59.5. The third-order valence-electron chi connectivity index (χ3n) is 5.83.